The maximum absolute atomic E-state index is 10.4. The van der Waals surface area contributed by atoms with Crippen LogP contribution in [0.15, 0.2) is 29.7 Å². The van der Waals surface area contributed by atoms with E-state index in [-0.39, 0.29) is 0 Å². The molecule has 0 radical (unpaired) electrons. The zero-order valence-corrected chi connectivity index (χ0v) is 7.52. The molecule has 1 aromatic rings. The van der Waals surface area contributed by atoms with Crippen molar-refractivity contribution in [3.05, 3.63) is 30.1 Å². The third-order valence-electron chi connectivity index (χ3n) is 1.39. The van der Waals surface area contributed by atoms with Crippen LogP contribution in [0.4, 0.5) is 0 Å². The van der Waals surface area contributed by atoms with Crippen molar-refractivity contribution in [3.8, 4) is 0 Å². The topological polar surface area (TPSA) is 51.5 Å². The van der Waals surface area contributed by atoms with Gasteiger partial charge >= 0.3 is 5.97 Å². The summed E-state index contributed by atoms with van der Waals surface area (Å²) in [6.45, 7) is 3.06. The molecule has 4 nitrogen and oxygen atoms in total. The molecule has 1 rings (SSSR count). The van der Waals surface area contributed by atoms with Crippen molar-refractivity contribution < 1.29 is 9.63 Å². The highest BCUT2D eigenvalue weighted by atomic mass is 16.7. The minimum atomic E-state index is -0.428. The minimum absolute atomic E-state index is 0.428. The Hall–Kier alpha value is -1.71. The van der Waals surface area contributed by atoms with Gasteiger partial charge in [0.2, 0.25) is 0 Å². The second-order valence-electron chi connectivity index (χ2n) is 2.50. The van der Waals surface area contributed by atoms with Gasteiger partial charge in [0, 0.05) is 24.9 Å². The monoisotopic (exact) mass is 178 g/mol. The van der Waals surface area contributed by atoms with Crippen LogP contribution >= 0.6 is 0 Å². The molecule has 0 saturated carbocycles. The number of carbonyl (C=O) groups excluding carboxylic acids is 1. The Labute approximate surface area is 76.2 Å². The van der Waals surface area contributed by atoms with Gasteiger partial charge in [-0.2, -0.15) is 0 Å². The van der Waals surface area contributed by atoms with E-state index in [1.165, 1.54) is 6.92 Å². The van der Waals surface area contributed by atoms with E-state index in [0.29, 0.717) is 5.71 Å². The van der Waals surface area contributed by atoms with Crippen LogP contribution in [0.2, 0.25) is 0 Å². The molecule has 0 unspecified atom stereocenters. The summed E-state index contributed by atoms with van der Waals surface area (Å²) in [6, 6.07) is 3.64. The minimum Gasteiger partial charge on any atom is -0.318 e. The summed E-state index contributed by atoms with van der Waals surface area (Å²) < 4.78 is 0. The summed E-state index contributed by atoms with van der Waals surface area (Å²) in [4.78, 5) is 18.8. The highest BCUT2D eigenvalue weighted by molar-refractivity contribution is 5.98. The Morgan fingerprint density at radius 3 is 2.85 bits per heavy atom. The Morgan fingerprint density at radius 2 is 2.31 bits per heavy atom. The van der Waals surface area contributed by atoms with Crippen molar-refractivity contribution in [1.29, 1.82) is 0 Å². The standard InChI is InChI=1S/C9H10N2O2/c1-7(11-13-8(2)12)9-4-3-5-10-6-9/h3-6H,1-2H3/b11-7+. The first kappa shape index (κ1) is 9.38. The number of hydrogen-bond donors (Lipinski definition) is 0. The molecule has 0 aromatic carbocycles. The molecule has 0 atom stereocenters. The molecule has 1 heterocycles. The van der Waals surface area contributed by atoms with Crippen LogP contribution in [0.1, 0.15) is 19.4 Å². The molecule has 1 aromatic heterocycles. The van der Waals surface area contributed by atoms with E-state index in [0.717, 1.165) is 5.56 Å². The Kier molecular flexibility index (Phi) is 3.14. The van der Waals surface area contributed by atoms with Crippen molar-refractivity contribution in [2.45, 2.75) is 13.8 Å². The van der Waals surface area contributed by atoms with Crippen LogP contribution in [0.5, 0.6) is 0 Å². The molecule has 4 heteroatoms. The van der Waals surface area contributed by atoms with Crippen molar-refractivity contribution in [2.24, 2.45) is 5.16 Å². The number of oxime groups is 1. The van der Waals surface area contributed by atoms with Crippen molar-refractivity contribution in [3.63, 3.8) is 0 Å². The summed E-state index contributed by atoms with van der Waals surface area (Å²) in [6.07, 6.45) is 3.32. The second-order valence-corrected chi connectivity index (χ2v) is 2.50. The van der Waals surface area contributed by atoms with E-state index < -0.39 is 5.97 Å². The predicted octanol–water partition coefficient (Wildman–Crippen LogP) is 1.37. The lowest BCUT2D eigenvalue weighted by Crippen LogP contribution is -1.99. The number of pyridine rings is 1. The lowest BCUT2D eigenvalue weighted by Gasteiger charge is -1.97. The van der Waals surface area contributed by atoms with Crippen LogP contribution in [0.25, 0.3) is 0 Å². The number of nitrogens with zero attached hydrogens (tertiary/aromatic N) is 2. The van der Waals surface area contributed by atoms with E-state index >= 15 is 0 Å². The average Bonchev–Trinajstić information content (AvgIpc) is 2.15. The lowest BCUT2D eigenvalue weighted by atomic mass is 10.2. The zero-order valence-electron chi connectivity index (χ0n) is 7.52. The largest absolute Gasteiger partial charge is 0.331 e. The van der Waals surface area contributed by atoms with Gasteiger partial charge in [-0.1, -0.05) is 5.16 Å². The summed E-state index contributed by atoms with van der Waals surface area (Å²) in [7, 11) is 0. The molecular formula is C9H10N2O2. The quantitative estimate of drug-likeness (QED) is 0.390. The van der Waals surface area contributed by atoms with Gasteiger partial charge in [-0.15, -0.1) is 0 Å². The molecule has 0 aliphatic heterocycles. The van der Waals surface area contributed by atoms with Crippen LogP contribution in [0.3, 0.4) is 0 Å². The van der Waals surface area contributed by atoms with Gasteiger partial charge in [-0.3, -0.25) is 4.98 Å². The van der Waals surface area contributed by atoms with Crippen LogP contribution in [-0.4, -0.2) is 16.7 Å². The molecule has 0 N–H and O–H groups in total. The molecule has 0 bridgehead atoms. The summed E-state index contributed by atoms with van der Waals surface area (Å²) >= 11 is 0. The molecule has 0 aliphatic carbocycles. The molecular weight excluding hydrogens is 168 g/mol. The van der Waals surface area contributed by atoms with E-state index in [9.17, 15) is 4.79 Å². The van der Waals surface area contributed by atoms with Gasteiger partial charge in [0.25, 0.3) is 0 Å². The van der Waals surface area contributed by atoms with E-state index in [2.05, 4.69) is 15.0 Å². The number of rotatable bonds is 2. The Bertz CT molecular complexity index is 320. The first-order valence-corrected chi connectivity index (χ1v) is 3.82. The highest BCUT2D eigenvalue weighted by Crippen LogP contribution is 1.98. The second kappa shape index (κ2) is 4.35. The van der Waals surface area contributed by atoms with Crippen LogP contribution in [-0.2, 0) is 9.63 Å². The third-order valence-corrected chi connectivity index (χ3v) is 1.39. The molecule has 0 spiro atoms. The van der Waals surface area contributed by atoms with Crippen molar-refractivity contribution in [1.82, 2.24) is 4.98 Å². The van der Waals surface area contributed by atoms with Gasteiger partial charge in [-0.25, -0.2) is 4.79 Å². The maximum Gasteiger partial charge on any atom is 0.331 e. The average molecular weight is 178 g/mol. The van der Waals surface area contributed by atoms with Crippen LogP contribution < -0.4 is 0 Å². The van der Waals surface area contributed by atoms with E-state index in [4.69, 9.17) is 0 Å². The molecule has 0 amide bonds. The number of carbonyl (C=O) groups is 1. The third kappa shape index (κ3) is 3.02. The van der Waals surface area contributed by atoms with Crippen molar-refractivity contribution in [2.75, 3.05) is 0 Å². The number of aromatic nitrogens is 1. The normalized spacial score (nSPS) is 11.1. The SMILES string of the molecule is CC(=O)O/N=C(\C)c1cccnc1. The van der Waals surface area contributed by atoms with Gasteiger partial charge in [-0.05, 0) is 19.1 Å². The lowest BCUT2D eigenvalue weighted by molar-refractivity contribution is -0.140. The van der Waals surface area contributed by atoms with E-state index in [1.807, 2.05) is 6.07 Å². The summed E-state index contributed by atoms with van der Waals surface area (Å²) in [5, 5.41) is 3.62. The summed E-state index contributed by atoms with van der Waals surface area (Å²) in [5.74, 6) is -0.428. The maximum atomic E-state index is 10.4. The highest BCUT2D eigenvalue weighted by Gasteiger charge is 1.97. The molecule has 0 aliphatic rings. The molecule has 0 fully saturated rings. The van der Waals surface area contributed by atoms with Gasteiger partial charge < -0.3 is 4.84 Å². The predicted molar refractivity (Wildman–Crippen MR) is 48.2 cm³/mol. The molecule has 13 heavy (non-hydrogen) atoms. The number of hydrogen-bond acceptors (Lipinski definition) is 4. The fourth-order valence-electron chi connectivity index (χ4n) is 0.762. The Balaban J connectivity index is 2.73. The van der Waals surface area contributed by atoms with Gasteiger partial charge in [0.05, 0.1) is 5.71 Å². The summed E-state index contributed by atoms with van der Waals surface area (Å²) in [5.41, 5.74) is 1.46. The molecule has 68 valence electrons. The smallest absolute Gasteiger partial charge is 0.318 e. The fraction of sp³-hybridized carbons (Fsp3) is 0.222. The fourth-order valence-corrected chi connectivity index (χ4v) is 0.762. The zero-order chi connectivity index (χ0) is 9.68. The first-order valence-electron chi connectivity index (χ1n) is 3.82. The Morgan fingerprint density at radius 1 is 1.54 bits per heavy atom. The van der Waals surface area contributed by atoms with Crippen LogP contribution in [0, 0.1) is 0 Å². The van der Waals surface area contributed by atoms with Crippen molar-refractivity contribution >= 4 is 11.7 Å². The van der Waals surface area contributed by atoms with Gasteiger partial charge in [0.1, 0.15) is 0 Å². The molecule has 0 saturated heterocycles. The van der Waals surface area contributed by atoms with E-state index in [1.54, 1.807) is 25.4 Å². The first-order chi connectivity index (χ1) is 6.20. The van der Waals surface area contributed by atoms with Gasteiger partial charge in [0.15, 0.2) is 0 Å².